The van der Waals surface area contributed by atoms with Gasteiger partial charge in [-0.25, -0.2) is 0 Å². The smallest absolute Gasteiger partial charge is 0.317 e. The van der Waals surface area contributed by atoms with E-state index in [0.717, 1.165) is 11.1 Å². The van der Waals surface area contributed by atoms with E-state index < -0.39 is 12.2 Å². The molecule has 0 aliphatic rings. The van der Waals surface area contributed by atoms with Gasteiger partial charge in [0.1, 0.15) is 6.04 Å². The minimum absolute atomic E-state index is 0.108. The number of hydrogen-bond donors (Lipinski definition) is 1. The van der Waals surface area contributed by atoms with Crippen LogP contribution in [0.4, 0.5) is 13.2 Å². The van der Waals surface area contributed by atoms with Crippen LogP contribution in [0.3, 0.4) is 0 Å². The van der Waals surface area contributed by atoms with Crippen molar-refractivity contribution in [1.29, 1.82) is 0 Å². The first-order valence-electron chi connectivity index (χ1n) is 4.88. The Morgan fingerprint density at radius 3 is 2.19 bits per heavy atom. The molecule has 0 aliphatic carbocycles. The van der Waals surface area contributed by atoms with Crippen LogP contribution >= 0.6 is 0 Å². The first-order valence-corrected chi connectivity index (χ1v) is 4.88. The van der Waals surface area contributed by atoms with E-state index >= 15 is 0 Å². The predicted octanol–water partition coefficient (Wildman–Crippen LogP) is 3.29. The number of aryl methyl sites for hydroxylation is 1. The molecule has 1 nitrogen and oxygen atoms in total. The molecule has 0 radical (unpaired) electrons. The lowest BCUT2D eigenvalue weighted by molar-refractivity contribution is -0.139. The Labute approximate surface area is 92.8 Å². The van der Waals surface area contributed by atoms with Crippen LogP contribution in [-0.4, -0.2) is 12.2 Å². The van der Waals surface area contributed by atoms with Gasteiger partial charge in [-0.3, -0.25) is 0 Å². The molecular weight excluding hydrogens is 215 g/mol. The molecule has 0 aromatic heterocycles. The Bertz CT molecular complexity index is 376. The maximum absolute atomic E-state index is 12.3. The van der Waals surface area contributed by atoms with E-state index in [4.69, 9.17) is 5.73 Å². The average Bonchev–Trinajstić information content (AvgIpc) is 2.19. The summed E-state index contributed by atoms with van der Waals surface area (Å²) in [4.78, 5) is 0. The van der Waals surface area contributed by atoms with Gasteiger partial charge in [0.25, 0.3) is 0 Å². The fraction of sp³-hybridized carbons (Fsp3) is 0.333. The van der Waals surface area contributed by atoms with Crippen LogP contribution < -0.4 is 5.73 Å². The fourth-order valence-corrected chi connectivity index (χ4v) is 1.27. The summed E-state index contributed by atoms with van der Waals surface area (Å²) in [6, 6.07) is 5.33. The zero-order valence-electron chi connectivity index (χ0n) is 9.18. The van der Waals surface area contributed by atoms with Gasteiger partial charge in [0.05, 0.1) is 0 Å². The van der Waals surface area contributed by atoms with Gasteiger partial charge >= 0.3 is 6.18 Å². The molecule has 88 valence electrons. The summed E-state index contributed by atoms with van der Waals surface area (Å²) in [7, 11) is 0. The quantitative estimate of drug-likeness (QED) is 0.827. The summed E-state index contributed by atoms with van der Waals surface area (Å²) < 4.78 is 36.9. The number of hydrogen-bond acceptors (Lipinski definition) is 1. The molecule has 0 heterocycles. The third-order valence-corrected chi connectivity index (χ3v) is 2.31. The zero-order valence-corrected chi connectivity index (χ0v) is 9.18. The molecule has 0 aliphatic heterocycles. The van der Waals surface area contributed by atoms with E-state index in [1.807, 2.05) is 19.1 Å². The summed E-state index contributed by atoms with van der Waals surface area (Å²) >= 11 is 0. The Hall–Kier alpha value is -1.29. The Balaban J connectivity index is 2.88. The maximum atomic E-state index is 12.3. The molecule has 1 rings (SSSR count). The van der Waals surface area contributed by atoms with Crippen molar-refractivity contribution in [2.45, 2.75) is 26.1 Å². The van der Waals surface area contributed by atoms with E-state index in [1.165, 1.54) is 13.0 Å². The molecule has 0 amide bonds. The molecule has 0 bridgehead atoms. The fourth-order valence-electron chi connectivity index (χ4n) is 1.27. The Morgan fingerprint density at radius 1 is 1.25 bits per heavy atom. The third kappa shape index (κ3) is 3.38. The lowest BCUT2D eigenvalue weighted by Gasteiger charge is -2.16. The van der Waals surface area contributed by atoms with Gasteiger partial charge in [-0.2, -0.15) is 13.2 Å². The highest BCUT2D eigenvalue weighted by Crippen LogP contribution is 2.24. The zero-order chi connectivity index (χ0) is 12.3. The first-order chi connectivity index (χ1) is 7.30. The van der Waals surface area contributed by atoms with E-state index in [9.17, 15) is 13.2 Å². The number of halogens is 3. The van der Waals surface area contributed by atoms with Crippen LogP contribution in [0.5, 0.6) is 0 Å². The van der Waals surface area contributed by atoms with Crippen molar-refractivity contribution >= 4 is 6.08 Å². The number of nitrogens with two attached hydrogens (primary N) is 1. The van der Waals surface area contributed by atoms with Crippen molar-refractivity contribution < 1.29 is 13.2 Å². The second-order valence-corrected chi connectivity index (χ2v) is 3.82. The predicted molar refractivity (Wildman–Crippen MR) is 58.9 cm³/mol. The van der Waals surface area contributed by atoms with Gasteiger partial charge < -0.3 is 5.73 Å². The van der Waals surface area contributed by atoms with Crippen molar-refractivity contribution in [3.8, 4) is 0 Å². The average molecular weight is 229 g/mol. The molecule has 1 atom stereocenters. The van der Waals surface area contributed by atoms with Crippen molar-refractivity contribution in [3.05, 3.63) is 41.0 Å². The number of alkyl halides is 3. The molecule has 1 aromatic rings. The monoisotopic (exact) mass is 229 g/mol. The Kier molecular flexibility index (Phi) is 3.75. The Morgan fingerprint density at radius 2 is 1.75 bits per heavy atom. The van der Waals surface area contributed by atoms with Gasteiger partial charge in [0.15, 0.2) is 0 Å². The summed E-state index contributed by atoms with van der Waals surface area (Å²) in [5.41, 5.74) is 6.98. The van der Waals surface area contributed by atoms with Crippen LogP contribution in [0.2, 0.25) is 0 Å². The normalized spacial score (nSPS) is 15.0. The molecule has 4 heteroatoms. The van der Waals surface area contributed by atoms with Gasteiger partial charge in [-0.15, -0.1) is 0 Å². The second kappa shape index (κ2) is 4.70. The lowest BCUT2D eigenvalue weighted by atomic mass is 10.0. The standard InChI is InChI=1S/C12H14F3N/c1-8-3-5-10(6-4-8)7-9(2)11(16)12(13,14)15/h3-7,11H,16H2,1-2H3/b9-7+. The summed E-state index contributed by atoms with van der Waals surface area (Å²) in [5.74, 6) is 0. The molecule has 1 unspecified atom stereocenters. The van der Waals surface area contributed by atoms with Crippen LogP contribution in [0, 0.1) is 6.92 Å². The summed E-state index contributed by atoms with van der Waals surface area (Å²) in [6.07, 6.45) is -2.93. The largest absolute Gasteiger partial charge is 0.407 e. The molecule has 0 saturated heterocycles. The number of benzene rings is 1. The maximum Gasteiger partial charge on any atom is 0.407 e. The molecule has 0 spiro atoms. The van der Waals surface area contributed by atoms with Gasteiger partial charge in [0, 0.05) is 0 Å². The summed E-state index contributed by atoms with van der Waals surface area (Å²) in [5, 5.41) is 0. The van der Waals surface area contributed by atoms with Crippen LogP contribution in [0.15, 0.2) is 29.8 Å². The van der Waals surface area contributed by atoms with Gasteiger partial charge in [-0.1, -0.05) is 35.9 Å². The van der Waals surface area contributed by atoms with Crippen molar-refractivity contribution in [3.63, 3.8) is 0 Å². The minimum Gasteiger partial charge on any atom is -0.317 e. The summed E-state index contributed by atoms with van der Waals surface area (Å²) in [6.45, 7) is 3.31. The van der Waals surface area contributed by atoms with Gasteiger partial charge in [0.2, 0.25) is 0 Å². The topological polar surface area (TPSA) is 26.0 Å². The third-order valence-electron chi connectivity index (χ3n) is 2.31. The molecule has 2 N–H and O–H groups in total. The highest BCUT2D eigenvalue weighted by atomic mass is 19.4. The van der Waals surface area contributed by atoms with Crippen molar-refractivity contribution in [2.75, 3.05) is 0 Å². The van der Waals surface area contributed by atoms with E-state index in [-0.39, 0.29) is 5.57 Å². The van der Waals surface area contributed by atoms with E-state index in [2.05, 4.69) is 0 Å². The van der Waals surface area contributed by atoms with E-state index in [0.29, 0.717) is 0 Å². The minimum atomic E-state index is -4.38. The van der Waals surface area contributed by atoms with Crippen molar-refractivity contribution in [2.24, 2.45) is 5.73 Å². The van der Waals surface area contributed by atoms with Crippen LogP contribution in [-0.2, 0) is 0 Å². The molecule has 0 saturated carbocycles. The molecule has 16 heavy (non-hydrogen) atoms. The van der Waals surface area contributed by atoms with Crippen LogP contribution in [0.25, 0.3) is 6.08 Å². The van der Waals surface area contributed by atoms with Crippen LogP contribution in [0.1, 0.15) is 18.1 Å². The number of rotatable bonds is 2. The van der Waals surface area contributed by atoms with E-state index in [1.54, 1.807) is 12.1 Å². The molecular formula is C12H14F3N. The second-order valence-electron chi connectivity index (χ2n) is 3.82. The lowest BCUT2D eigenvalue weighted by Crippen LogP contribution is -2.38. The first kappa shape index (κ1) is 12.8. The highest BCUT2D eigenvalue weighted by Gasteiger charge is 2.37. The van der Waals surface area contributed by atoms with Crippen molar-refractivity contribution in [1.82, 2.24) is 0 Å². The SMILES string of the molecule is C/C(=C\c1ccc(C)cc1)C(N)C(F)(F)F. The highest BCUT2D eigenvalue weighted by molar-refractivity contribution is 5.54. The molecule has 0 fully saturated rings. The molecule has 1 aromatic carbocycles. The van der Waals surface area contributed by atoms with Gasteiger partial charge in [-0.05, 0) is 25.0 Å².